The maximum absolute atomic E-state index is 14.2. The normalized spacial score (nSPS) is 15.0. The number of amides is 1. The van der Waals surface area contributed by atoms with Crippen molar-refractivity contribution in [1.29, 1.82) is 0 Å². The molecule has 9 heteroatoms. The van der Waals surface area contributed by atoms with E-state index in [4.69, 9.17) is 9.73 Å². The molecule has 0 radical (unpaired) electrons. The Hall–Kier alpha value is -4.89. The van der Waals surface area contributed by atoms with Crippen LogP contribution in [0.25, 0.3) is 17.0 Å². The molecule has 0 spiro atoms. The van der Waals surface area contributed by atoms with Crippen LogP contribution in [0.4, 0.5) is 5.69 Å². The topological polar surface area (TPSA) is 97.9 Å². The summed E-state index contributed by atoms with van der Waals surface area (Å²) in [7, 11) is 2.01. The van der Waals surface area contributed by atoms with E-state index in [1.54, 1.807) is 35.8 Å². The fourth-order valence-electron chi connectivity index (χ4n) is 5.48. The molecule has 0 aliphatic carbocycles. The third-order valence-corrected chi connectivity index (χ3v) is 8.60. The van der Waals surface area contributed by atoms with Crippen molar-refractivity contribution in [2.45, 2.75) is 26.8 Å². The molecule has 1 aliphatic rings. The van der Waals surface area contributed by atoms with E-state index in [-0.39, 0.29) is 23.0 Å². The van der Waals surface area contributed by atoms with Crippen LogP contribution in [0.3, 0.4) is 0 Å². The second kappa shape index (κ2) is 10.8. The van der Waals surface area contributed by atoms with Gasteiger partial charge in [-0.15, -0.1) is 0 Å². The zero-order valence-electron chi connectivity index (χ0n) is 23.7. The number of rotatable bonds is 6. The highest BCUT2D eigenvalue weighted by molar-refractivity contribution is 7.07. The Bertz CT molecular complexity index is 2070. The van der Waals surface area contributed by atoms with Crippen LogP contribution >= 0.6 is 11.3 Å². The number of carbonyl (C=O) groups is 1. The molecule has 3 aromatic carbocycles. The van der Waals surface area contributed by atoms with Crippen molar-refractivity contribution >= 4 is 39.9 Å². The predicted octanol–water partition coefficient (Wildman–Crippen LogP) is 4.78. The zero-order chi connectivity index (χ0) is 29.5. The molecule has 3 heterocycles. The van der Waals surface area contributed by atoms with Crippen LogP contribution in [0.5, 0.6) is 11.5 Å². The number of anilines is 1. The van der Waals surface area contributed by atoms with Crippen LogP contribution in [0, 0.1) is 6.92 Å². The quantitative estimate of drug-likeness (QED) is 0.303. The molecule has 0 bridgehead atoms. The molecule has 212 valence electrons. The van der Waals surface area contributed by atoms with Crippen LogP contribution in [-0.2, 0) is 11.8 Å². The molecule has 5 aromatic rings. The van der Waals surface area contributed by atoms with Crippen LogP contribution in [0.2, 0.25) is 0 Å². The first-order chi connectivity index (χ1) is 20.3. The number of thiazole rings is 1. The first kappa shape index (κ1) is 27.3. The number of allylic oxidation sites excluding steroid dienone is 1. The number of fused-ring (bicyclic) bond motifs is 2. The molecule has 0 unspecified atom stereocenters. The van der Waals surface area contributed by atoms with Crippen molar-refractivity contribution in [3.05, 3.63) is 121 Å². The number of phenols is 1. The molecule has 1 atom stereocenters. The highest BCUT2D eigenvalue weighted by Crippen LogP contribution is 2.36. The minimum Gasteiger partial charge on any atom is -0.504 e. The molecule has 42 heavy (non-hydrogen) atoms. The molecule has 8 nitrogen and oxygen atoms in total. The number of benzene rings is 3. The van der Waals surface area contributed by atoms with Gasteiger partial charge in [-0.05, 0) is 62.7 Å². The van der Waals surface area contributed by atoms with Crippen LogP contribution in [0.1, 0.15) is 36.7 Å². The number of aromatic hydroxyl groups is 1. The average Bonchev–Trinajstić information content (AvgIpc) is 3.42. The van der Waals surface area contributed by atoms with Gasteiger partial charge >= 0.3 is 0 Å². The van der Waals surface area contributed by atoms with Crippen LogP contribution < -0.4 is 24.9 Å². The van der Waals surface area contributed by atoms with E-state index in [1.165, 1.54) is 17.4 Å². The summed E-state index contributed by atoms with van der Waals surface area (Å²) in [6.45, 7) is 5.99. The third-order valence-electron chi connectivity index (χ3n) is 7.62. The monoisotopic (exact) mass is 578 g/mol. The van der Waals surface area contributed by atoms with Crippen molar-refractivity contribution in [3.63, 3.8) is 0 Å². The summed E-state index contributed by atoms with van der Waals surface area (Å²) in [5.41, 5.74) is 4.94. The van der Waals surface area contributed by atoms with Gasteiger partial charge in [0.05, 0.1) is 28.5 Å². The van der Waals surface area contributed by atoms with Gasteiger partial charge in [0.1, 0.15) is 0 Å². The number of para-hydroxylation sites is 2. The number of carbonyl (C=O) groups excluding carboxylic acids is 1. The molecule has 0 saturated carbocycles. The van der Waals surface area contributed by atoms with Crippen LogP contribution in [-0.4, -0.2) is 26.8 Å². The Labute approximate surface area is 246 Å². The molecule has 1 amide bonds. The minimum atomic E-state index is -0.791. The number of hydrogen-bond donors (Lipinski definition) is 2. The van der Waals surface area contributed by atoms with Gasteiger partial charge in [-0.2, -0.15) is 0 Å². The van der Waals surface area contributed by atoms with Gasteiger partial charge in [0.25, 0.3) is 11.5 Å². The van der Waals surface area contributed by atoms with Crippen molar-refractivity contribution in [2.75, 3.05) is 11.9 Å². The highest BCUT2D eigenvalue weighted by atomic mass is 32.1. The lowest BCUT2D eigenvalue weighted by molar-refractivity contribution is -0.113. The van der Waals surface area contributed by atoms with E-state index in [1.807, 2.05) is 57.3 Å². The van der Waals surface area contributed by atoms with Gasteiger partial charge < -0.3 is 19.7 Å². The predicted molar refractivity (Wildman–Crippen MR) is 166 cm³/mol. The summed E-state index contributed by atoms with van der Waals surface area (Å²) in [5, 5.41) is 14.4. The Morgan fingerprint density at radius 2 is 1.83 bits per heavy atom. The fraction of sp³-hybridized carbons (Fsp3) is 0.182. The Kier molecular flexibility index (Phi) is 7.04. The Morgan fingerprint density at radius 3 is 2.60 bits per heavy atom. The minimum absolute atomic E-state index is 0.0181. The van der Waals surface area contributed by atoms with Gasteiger partial charge in [-0.3, -0.25) is 14.2 Å². The summed E-state index contributed by atoms with van der Waals surface area (Å²) >= 11 is 1.29. The number of hydrogen-bond acceptors (Lipinski definition) is 6. The molecular weight excluding hydrogens is 548 g/mol. The molecule has 1 aliphatic heterocycles. The molecule has 0 fully saturated rings. The lowest BCUT2D eigenvalue weighted by Gasteiger charge is -2.26. The molecule has 6 rings (SSSR count). The van der Waals surface area contributed by atoms with Gasteiger partial charge in [-0.1, -0.05) is 53.8 Å². The van der Waals surface area contributed by atoms with Gasteiger partial charge in [0.2, 0.25) is 0 Å². The molecular formula is C33H30N4O4S. The Balaban J connectivity index is 1.57. The fourth-order valence-corrected chi connectivity index (χ4v) is 6.51. The molecule has 0 saturated heterocycles. The smallest absolute Gasteiger partial charge is 0.271 e. The van der Waals surface area contributed by atoms with Crippen molar-refractivity contribution in [1.82, 2.24) is 9.13 Å². The first-order valence-electron chi connectivity index (χ1n) is 13.7. The summed E-state index contributed by atoms with van der Waals surface area (Å²) in [4.78, 5) is 33.3. The number of ether oxygens (including phenoxy) is 1. The second-order valence-electron chi connectivity index (χ2n) is 10.1. The average molecular weight is 579 g/mol. The van der Waals surface area contributed by atoms with Crippen molar-refractivity contribution in [3.8, 4) is 11.5 Å². The van der Waals surface area contributed by atoms with Crippen molar-refractivity contribution in [2.24, 2.45) is 12.0 Å². The summed E-state index contributed by atoms with van der Waals surface area (Å²) in [6, 6.07) is 21.4. The summed E-state index contributed by atoms with van der Waals surface area (Å²) < 4.78 is 9.86. The summed E-state index contributed by atoms with van der Waals surface area (Å²) in [5.74, 6) is -0.103. The standard InChI is InChI=1S/C33H30N4O4S/c1-5-41-27-17-21(15-16-26(27)38)30-29(31(39)35-22-11-7-6-8-12-22)19(2)34-33-37(30)32(40)28(42-33)18-24-20(3)36(4)25-14-10-9-13-23(24)25/h6-18,30,38H,5H2,1-4H3,(H,35,39)/b28-18-/t30-/m1/s1. The van der Waals surface area contributed by atoms with E-state index in [2.05, 4.69) is 22.0 Å². The number of phenolic OH excluding ortho intramolecular Hbond substituents is 1. The number of nitrogens with zero attached hydrogens (tertiary/aromatic N) is 3. The lowest BCUT2D eigenvalue weighted by Crippen LogP contribution is -2.40. The molecule has 2 N–H and O–H groups in total. The van der Waals surface area contributed by atoms with Crippen LogP contribution in [0.15, 0.2) is 93.9 Å². The third kappa shape index (κ3) is 4.61. The highest BCUT2D eigenvalue weighted by Gasteiger charge is 2.33. The maximum atomic E-state index is 14.2. The van der Waals surface area contributed by atoms with Crippen molar-refractivity contribution < 1.29 is 14.6 Å². The summed E-state index contributed by atoms with van der Waals surface area (Å²) in [6.07, 6.45) is 1.92. The van der Waals surface area contributed by atoms with E-state index in [0.29, 0.717) is 38.5 Å². The van der Waals surface area contributed by atoms with E-state index >= 15 is 0 Å². The molecule has 2 aromatic heterocycles. The maximum Gasteiger partial charge on any atom is 0.271 e. The SMILES string of the molecule is CCOc1cc([C@@H]2C(C(=O)Nc3ccccc3)=C(C)N=c3s/c(=C\c4c(C)n(C)c5ccccc45)c(=O)n32)ccc1O. The zero-order valence-corrected chi connectivity index (χ0v) is 24.5. The largest absolute Gasteiger partial charge is 0.504 e. The number of nitrogens with one attached hydrogen (secondary N) is 1. The lowest BCUT2D eigenvalue weighted by atomic mass is 9.94. The van der Waals surface area contributed by atoms with E-state index in [9.17, 15) is 14.7 Å². The second-order valence-corrected chi connectivity index (χ2v) is 11.1. The van der Waals surface area contributed by atoms with E-state index in [0.717, 1.165) is 22.2 Å². The number of aromatic nitrogens is 2. The number of aryl methyl sites for hydroxylation is 1. The van der Waals surface area contributed by atoms with Gasteiger partial charge in [-0.25, -0.2) is 4.99 Å². The van der Waals surface area contributed by atoms with Gasteiger partial charge in [0.15, 0.2) is 16.3 Å². The van der Waals surface area contributed by atoms with E-state index < -0.39 is 6.04 Å². The van der Waals surface area contributed by atoms with Gasteiger partial charge in [0, 0.05) is 34.9 Å². The first-order valence-corrected chi connectivity index (χ1v) is 14.5. The Morgan fingerprint density at radius 1 is 1.10 bits per heavy atom.